The van der Waals surface area contributed by atoms with Gasteiger partial charge in [-0.15, -0.1) is 0 Å². The Bertz CT molecular complexity index is 1240. The number of nitrogen functional groups attached to an aromatic ring is 1. The lowest BCUT2D eigenvalue weighted by Gasteiger charge is -2.12. The number of carbonyl (C=O) groups is 1. The summed E-state index contributed by atoms with van der Waals surface area (Å²) in [6.07, 6.45) is 4.76. The van der Waals surface area contributed by atoms with E-state index in [0.29, 0.717) is 27.3 Å². The maximum absolute atomic E-state index is 13.3. The molecule has 0 aliphatic rings. The summed E-state index contributed by atoms with van der Waals surface area (Å²) >= 11 is 6.71. The normalized spacial score (nSPS) is 11.0. The van der Waals surface area contributed by atoms with Crippen LogP contribution in [0, 0.1) is 5.82 Å². The number of amides is 1. The van der Waals surface area contributed by atoms with Crippen LogP contribution < -0.4 is 5.73 Å². The Balaban J connectivity index is 1.89. The van der Waals surface area contributed by atoms with Crippen LogP contribution in [0.5, 0.6) is 0 Å². The van der Waals surface area contributed by atoms with Crippen molar-refractivity contribution >= 4 is 34.4 Å². The summed E-state index contributed by atoms with van der Waals surface area (Å²) in [5, 5.41) is 1.05. The van der Waals surface area contributed by atoms with Gasteiger partial charge in [-0.05, 0) is 17.7 Å². The molecule has 0 saturated carbocycles. The first-order valence-corrected chi connectivity index (χ1v) is 9.00. The first-order valence-electron chi connectivity index (χ1n) is 8.63. The molecule has 3 heterocycles. The average molecular weight is 411 g/mol. The van der Waals surface area contributed by atoms with E-state index in [4.69, 9.17) is 17.3 Å². The molecule has 0 radical (unpaired) electrons. The Kier molecular flexibility index (Phi) is 4.63. The van der Waals surface area contributed by atoms with Gasteiger partial charge in [0.2, 0.25) is 0 Å². The lowest BCUT2D eigenvalue weighted by Crippen LogP contribution is -2.24. The number of halogens is 2. The minimum Gasteiger partial charge on any atom is -0.382 e. The molecule has 1 amide bonds. The number of hydrogen-bond donors (Lipinski definition) is 2. The number of rotatable bonds is 3. The van der Waals surface area contributed by atoms with E-state index >= 15 is 0 Å². The number of aromatic amines is 1. The van der Waals surface area contributed by atoms with Crippen LogP contribution >= 0.6 is 11.6 Å². The maximum atomic E-state index is 13.3. The molecule has 0 atom stereocenters. The second-order valence-electron chi connectivity index (χ2n) is 6.61. The van der Waals surface area contributed by atoms with E-state index in [1.807, 2.05) is 0 Å². The van der Waals surface area contributed by atoms with Crippen LogP contribution in [0.3, 0.4) is 0 Å². The first kappa shape index (κ1) is 18.8. The van der Waals surface area contributed by atoms with E-state index in [-0.39, 0.29) is 23.2 Å². The molecule has 0 bridgehead atoms. The van der Waals surface area contributed by atoms with Gasteiger partial charge in [-0.3, -0.25) is 4.79 Å². The van der Waals surface area contributed by atoms with E-state index in [1.165, 1.54) is 23.2 Å². The molecule has 3 N–H and O–H groups in total. The second kappa shape index (κ2) is 7.14. The summed E-state index contributed by atoms with van der Waals surface area (Å²) < 4.78 is 13.3. The van der Waals surface area contributed by atoms with Gasteiger partial charge in [0.05, 0.1) is 16.9 Å². The number of nitrogens with zero attached hydrogens (tertiary/aromatic N) is 4. The Hall–Kier alpha value is -3.52. The highest BCUT2D eigenvalue weighted by atomic mass is 35.5. The fourth-order valence-electron chi connectivity index (χ4n) is 2.99. The topological polar surface area (TPSA) is 101 Å². The number of nitrogens with one attached hydrogen (secondary N) is 1. The molecular formula is C20H16ClFN6O. The standard InChI is InChI=1S/C20H16ClFN6O/c1-28(2)20(29)17-18(23)24-9-14(27-17)13-8-26-19-15(16(13)21)12(7-25-19)10-3-5-11(22)6-4-10/h3-9H,1-2H3,(H2,23,24)(H,25,26). The van der Waals surface area contributed by atoms with Crippen molar-refractivity contribution in [2.45, 2.75) is 0 Å². The van der Waals surface area contributed by atoms with Crippen LogP contribution in [0.15, 0.2) is 42.9 Å². The highest BCUT2D eigenvalue weighted by molar-refractivity contribution is 6.39. The van der Waals surface area contributed by atoms with Crippen LogP contribution in [0.2, 0.25) is 5.02 Å². The zero-order valence-electron chi connectivity index (χ0n) is 15.6. The molecule has 146 valence electrons. The summed E-state index contributed by atoms with van der Waals surface area (Å²) in [6, 6.07) is 6.09. The van der Waals surface area contributed by atoms with Crippen molar-refractivity contribution in [2.24, 2.45) is 0 Å². The van der Waals surface area contributed by atoms with Gasteiger partial charge in [0.1, 0.15) is 11.5 Å². The van der Waals surface area contributed by atoms with Crippen molar-refractivity contribution in [2.75, 3.05) is 19.8 Å². The third-order valence-corrected chi connectivity index (χ3v) is 4.87. The zero-order valence-corrected chi connectivity index (χ0v) is 16.3. The number of aromatic nitrogens is 4. The molecule has 4 aromatic rings. The molecule has 7 nitrogen and oxygen atoms in total. The summed E-state index contributed by atoms with van der Waals surface area (Å²) in [5.41, 5.74) is 8.86. The average Bonchev–Trinajstić information content (AvgIpc) is 3.14. The van der Waals surface area contributed by atoms with Gasteiger partial charge in [0.25, 0.3) is 5.91 Å². The lowest BCUT2D eigenvalue weighted by molar-refractivity contribution is 0.0823. The Morgan fingerprint density at radius 2 is 1.86 bits per heavy atom. The molecule has 0 spiro atoms. The number of hydrogen-bond acceptors (Lipinski definition) is 5. The van der Waals surface area contributed by atoms with Crippen LogP contribution in [0.1, 0.15) is 10.5 Å². The van der Waals surface area contributed by atoms with Crippen LogP contribution in [-0.4, -0.2) is 44.8 Å². The van der Waals surface area contributed by atoms with Crippen molar-refractivity contribution < 1.29 is 9.18 Å². The van der Waals surface area contributed by atoms with Crippen LogP contribution in [0.4, 0.5) is 10.2 Å². The van der Waals surface area contributed by atoms with E-state index < -0.39 is 0 Å². The summed E-state index contributed by atoms with van der Waals surface area (Å²) in [5.74, 6) is -0.657. The molecule has 29 heavy (non-hydrogen) atoms. The predicted molar refractivity (Wildman–Crippen MR) is 110 cm³/mol. The lowest BCUT2D eigenvalue weighted by atomic mass is 10.0. The second-order valence-corrected chi connectivity index (χ2v) is 6.99. The summed E-state index contributed by atoms with van der Waals surface area (Å²) in [6.45, 7) is 0. The third kappa shape index (κ3) is 3.27. The fraction of sp³-hybridized carbons (Fsp3) is 0.100. The number of benzene rings is 1. The van der Waals surface area contributed by atoms with Gasteiger partial charge in [-0.2, -0.15) is 0 Å². The van der Waals surface area contributed by atoms with Gasteiger partial charge < -0.3 is 15.6 Å². The molecule has 0 unspecified atom stereocenters. The Labute approximate surface area is 170 Å². The number of nitrogens with two attached hydrogens (primary N) is 1. The Morgan fingerprint density at radius 1 is 1.14 bits per heavy atom. The van der Waals surface area contributed by atoms with Crippen molar-refractivity contribution in [3.63, 3.8) is 0 Å². The number of anilines is 1. The van der Waals surface area contributed by atoms with Gasteiger partial charge >= 0.3 is 0 Å². The smallest absolute Gasteiger partial charge is 0.275 e. The molecule has 9 heteroatoms. The van der Waals surface area contributed by atoms with Crippen molar-refractivity contribution in [3.8, 4) is 22.4 Å². The van der Waals surface area contributed by atoms with Gasteiger partial charge in [0.15, 0.2) is 11.5 Å². The van der Waals surface area contributed by atoms with Crippen LogP contribution in [0.25, 0.3) is 33.4 Å². The monoisotopic (exact) mass is 410 g/mol. The number of H-pyrrole nitrogens is 1. The zero-order chi connectivity index (χ0) is 20.7. The maximum Gasteiger partial charge on any atom is 0.275 e. The largest absolute Gasteiger partial charge is 0.382 e. The van der Waals surface area contributed by atoms with Gasteiger partial charge in [-0.25, -0.2) is 19.3 Å². The van der Waals surface area contributed by atoms with Crippen molar-refractivity contribution in [1.29, 1.82) is 0 Å². The van der Waals surface area contributed by atoms with Crippen LogP contribution in [-0.2, 0) is 0 Å². The SMILES string of the molecule is CN(C)C(=O)c1nc(-c2cnc3[nH]cc(-c4ccc(F)cc4)c3c2Cl)cnc1N. The van der Waals surface area contributed by atoms with Crippen molar-refractivity contribution in [1.82, 2.24) is 24.8 Å². The molecule has 0 fully saturated rings. The summed E-state index contributed by atoms with van der Waals surface area (Å²) in [7, 11) is 3.21. The Morgan fingerprint density at radius 3 is 2.55 bits per heavy atom. The highest BCUT2D eigenvalue weighted by Gasteiger charge is 2.20. The van der Waals surface area contributed by atoms with Crippen molar-refractivity contribution in [3.05, 3.63) is 59.4 Å². The first-order chi connectivity index (χ1) is 13.9. The summed E-state index contributed by atoms with van der Waals surface area (Å²) in [4.78, 5) is 29.6. The fourth-order valence-corrected chi connectivity index (χ4v) is 3.33. The number of fused-ring (bicyclic) bond motifs is 1. The minimum atomic E-state index is -0.365. The third-order valence-electron chi connectivity index (χ3n) is 4.48. The number of pyridine rings is 1. The quantitative estimate of drug-likeness (QED) is 0.535. The van der Waals surface area contributed by atoms with Gasteiger partial charge in [0, 0.05) is 43.0 Å². The van der Waals surface area contributed by atoms with E-state index in [0.717, 1.165) is 11.1 Å². The van der Waals surface area contributed by atoms with E-state index in [2.05, 4.69) is 19.9 Å². The molecule has 4 rings (SSSR count). The molecule has 0 aliphatic carbocycles. The molecule has 0 saturated heterocycles. The van der Waals surface area contributed by atoms with E-state index in [1.54, 1.807) is 38.6 Å². The molecular weight excluding hydrogens is 395 g/mol. The predicted octanol–water partition coefficient (Wildman–Crippen LogP) is 3.76. The van der Waals surface area contributed by atoms with E-state index in [9.17, 15) is 9.18 Å². The minimum absolute atomic E-state index is 0.0336. The molecule has 0 aliphatic heterocycles. The number of carbonyl (C=O) groups excluding carboxylic acids is 1. The van der Waals surface area contributed by atoms with Gasteiger partial charge in [-0.1, -0.05) is 23.7 Å². The molecule has 3 aromatic heterocycles. The molecule has 1 aromatic carbocycles. The highest BCUT2D eigenvalue weighted by Crippen LogP contribution is 2.38.